The van der Waals surface area contributed by atoms with Crippen molar-refractivity contribution in [1.82, 2.24) is 10.9 Å². The van der Waals surface area contributed by atoms with E-state index < -0.39 is 0 Å². The number of hydrogen-bond acceptors (Lipinski definition) is 5. The van der Waals surface area contributed by atoms with Gasteiger partial charge in [-0.05, 0) is 33.1 Å². The van der Waals surface area contributed by atoms with Gasteiger partial charge in [0.1, 0.15) is 0 Å². The van der Waals surface area contributed by atoms with Crippen molar-refractivity contribution < 1.29 is 23.9 Å². The van der Waals surface area contributed by atoms with Gasteiger partial charge in [-0.25, -0.2) is 0 Å². The molecule has 0 spiro atoms. The molecule has 7 heteroatoms. The van der Waals surface area contributed by atoms with Gasteiger partial charge in [-0.3, -0.25) is 25.2 Å². The van der Waals surface area contributed by atoms with E-state index in [1.807, 2.05) is 6.92 Å². The third-order valence-corrected chi connectivity index (χ3v) is 3.74. The highest BCUT2D eigenvalue weighted by atomic mass is 16.5. The molecule has 0 saturated heterocycles. The molecule has 1 rings (SSSR count). The highest BCUT2D eigenvalue weighted by Crippen LogP contribution is 2.30. The van der Waals surface area contributed by atoms with Crippen molar-refractivity contribution in [3.8, 4) is 0 Å². The van der Waals surface area contributed by atoms with Crippen LogP contribution < -0.4 is 10.9 Å². The van der Waals surface area contributed by atoms with Crippen molar-refractivity contribution >= 4 is 17.8 Å². The van der Waals surface area contributed by atoms with Gasteiger partial charge >= 0.3 is 5.97 Å². The third-order valence-electron chi connectivity index (χ3n) is 3.74. The number of esters is 1. The average molecular weight is 314 g/mol. The summed E-state index contributed by atoms with van der Waals surface area (Å²) >= 11 is 0. The number of carbonyl (C=O) groups is 3. The van der Waals surface area contributed by atoms with Crippen LogP contribution in [0.5, 0.6) is 0 Å². The quantitative estimate of drug-likeness (QED) is 0.447. The van der Waals surface area contributed by atoms with Crippen molar-refractivity contribution in [2.75, 3.05) is 13.2 Å². The van der Waals surface area contributed by atoms with Gasteiger partial charge in [0.05, 0.1) is 18.6 Å². The topological polar surface area (TPSA) is 93.7 Å². The molecule has 2 N–H and O–H groups in total. The molecule has 7 nitrogen and oxygen atoms in total. The summed E-state index contributed by atoms with van der Waals surface area (Å²) in [6.45, 7) is 5.77. The van der Waals surface area contributed by atoms with Crippen molar-refractivity contribution in [1.29, 1.82) is 0 Å². The first-order valence-electron chi connectivity index (χ1n) is 7.84. The summed E-state index contributed by atoms with van der Waals surface area (Å²) in [5.41, 5.74) is 4.69. The maximum Gasteiger partial charge on any atom is 0.311 e. The number of hydrogen-bond donors (Lipinski definition) is 2. The molecule has 126 valence electrons. The third kappa shape index (κ3) is 5.63. The zero-order valence-electron chi connectivity index (χ0n) is 13.5. The molecule has 0 radical (unpaired) electrons. The molecule has 0 aromatic rings. The summed E-state index contributed by atoms with van der Waals surface area (Å²) < 4.78 is 10.8. The van der Waals surface area contributed by atoms with Gasteiger partial charge in [0.25, 0.3) is 0 Å². The molecule has 2 amide bonds. The van der Waals surface area contributed by atoms with Gasteiger partial charge in [-0.2, -0.15) is 0 Å². The molecule has 1 saturated carbocycles. The molecule has 0 aromatic carbocycles. The normalized spacial score (nSPS) is 25.0. The minimum absolute atomic E-state index is 0.246. The lowest BCUT2D eigenvalue weighted by atomic mass is 9.94. The molecular weight excluding hydrogens is 288 g/mol. The lowest BCUT2D eigenvalue weighted by molar-refractivity contribution is -0.154. The highest BCUT2D eigenvalue weighted by molar-refractivity contribution is 5.82. The summed E-state index contributed by atoms with van der Waals surface area (Å²) in [4.78, 5) is 35.0. The predicted octanol–water partition coefficient (Wildman–Crippen LogP) is 0.928. The Hall–Kier alpha value is -1.63. The van der Waals surface area contributed by atoms with Gasteiger partial charge in [0.15, 0.2) is 0 Å². The Bertz CT molecular complexity index is 399. The van der Waals surface area contributed by atoms with Crippen molar-refractivity contribution in [2.45, 2.75) is 52.6 Å². The van der Waals surface area contributed by atoms with E-state index in [-0.39, 0.29) is 35.7 Å². The summed E-state index contributed by atoms with van der Waals surface area (Å²) in [7, 11) is 0. The van der Waals surface area contributed by atoms with Crippen LogP contribution in [-0.4, -0.2) is 37.1 Å². The van der Waals surface area contributed by atoms with E-state index >= 15 is 0 Å². The summed E-state index contributed by atoms with van der Waals surface area (Å²) in [6.07, 6.45) is 2.16. The number of hydrazine groups is 1. The summed E-state index contributed by atoms with van der Waals surface area (Å²) in [5.74, 6) is -1.46. The molecule has 1 aliphatic carbocycles. The Labute approximate surface area is 131 Å². The van der Waals surface area contributed by atoms with Gasteiger partial charge < -0.3 is 9.47 Å². The van der Waals surface area contributed by atoms with Crippen LogP contribution in [-0.2, 0) is 23.9 Å². The van der Waals surface area contributed by atoms with Crippen LogP contribution >= 0.6 is 0 Å². The predicted molar refractivity (Wildman–Crippen MR) is 79.5 cm³/mol. The van der Waals surface area contributed by atoms with Crippen molar-refractivity contribution in [3.63, 3.8) is 0 Å². The second kappa shape index (κ2) is 9.40. The minimum atomic E-state index is -0.335. The van der Waals surface area contributed by atoms with Gasteiger partial charge in [0.2, 0.25) is 11.8 Å². The largest absolute Gasteiger partial charge is 0.466 e. The number of ether oxygens (including phenoxy) is 2. The van der Waals surface area contributed by atoms with E-state index in [1.54, 1.807) is 6.92 Å². The van der Waals surface area contributed by atoms with E-state index in [0.717, 1.165) is 6.42 Å². The van der Waals surface area contributed by atoms with E-state index in [4.69, 9.17) is 9.47 Å². The van der Waals surface area contributed by atoms with Gasteiger partial charge in [0, 0.05) is 19.4 Å². The fourth-order valence-electron chi connectivity index (χ4n) is 2.74. The zero-order valence-corrected chi connectivity index (χ0v) is 13.5. The average Bonchev–Trinajstić information content (AvgIpc) is 2.68. The molecule has 3 unspecified atom stereocenters. The van der Waals surface area contributed by atoms with Crippen LogP contribution in [0, 0.1) is 11.8 Å². The first-order valence-corrected chi connectivity index (χ1v) is 7.84. The Kier molecular flexibility index (Phi) is 7.87. The fourth-order valence-corrected chi connectivity index (χ4v) is 2.74. The molecule has 0 bridgehead atoms. The van der Waals surface area contributed by atoms with Crippen molar-refractivity contribution in [2.24, 2.45) is 11.8 Å². The van der Waals surface area contributed by atoms with E-state index in [2.05, 4.69) is 10.9 Å². The monoisotopic (exact) mass is 314 g/mol. The standard InChI is InChI=1S/C15H26N2O5/c1-4-21-13-9-11(14(19)17-16-10(3)18)7-6-8-12(13)15(20)22-5-2/h11-13H,4-9H2,1-3H3,(H,16,18)(H,17,19). The maximum atomic E-state index is 12.1. The summed E-state index contributed by atoms with van der Waals surface area (Å²) in [5, 5.41) is 0. The van der Waals surface area contributed by atoms with Crippen LogP contribution in [0.2, 0.25) is 0 Å². The molecule has 22 heavy (non-hydrogen) atoms. The molecule has 0 aromatic heterocycles. The first-order chi connectivity index (χ1) is 10.5. The second-order valence-electron chi connectivity index (χ2n) is 5.39. The Balaban J connectivity index is 2.72. The molecule has 0 aliphatic heterocycles. The second-order valence-corrected chi connectivity index (χ2v) is 5.39. The Morgan fingerprint density at radius 3 is 2.41 bits per heavy atom. The minimum Gasteiger partial charge on any atom is -0.466 e. The highest BCUT2D eigenvalue weighted by Gasteiger charge is 2.36. The zero-order chi connectivity index (χ0) is 16.5. The van der Waals surface area contributed by atoms with Crippen LogP contribution in [0.3, 0.4) is 0 Å². The van der Waals surface area contributed by atoms with E-state index in [9.17, 15) is 14.4 Å². The molecular formula is C15H26N2O5. The lowest BCUT2D eigenvalue weighted by Gasteiger charge is -2.25. The lowest BCUT2D eigenvalue weighted by Crippen LogP contribution is -2.44. The van der Waals surface area contributed by atoms with E-state index in [0.29, 0.717) is 32.5 Å². The number of carbonyl (C=O) groups excluding carboxylic acids is 3. The van der Waals surface area contributed by atoms with Crippen LogP contribution in [0.15, 0.2) is 0 Å². The molecule has 3 atom stereocenters. The van der Waals surface area contributed by atoms with Crippen LogP contribution in [0.1, 0.15) is 46.5 Å². The van der Waals surface area contributed by atoms with Crippen LogP contribution in [0.25, 0.3) is 0 Å². The number of rotatable bonds is 5. The SMILES string of the molecule is CCOC(=O)C1CCCC(C(=O)NNC(C)=O)CC1OCC. The number of nitrogens with one attached hydrogen (secondary N) is 2. The fraction of sp³-hybridized carbons (Fsp3) is 0.800. The molecule has 0 heterocycles. The first kappa shape index (κ1) is 18.4. The Morgan fingerprint density at radius 2 is 1.82 bits per heavy atom. The van der Waals surface area contributed by atoms with Crippen LogP contribution in [0.4, 0.5) is 0 Å². The Morgan fingerprint density at radius 1 is 1.09 bits per heavy atom. The molecule has 1 fully saturated rings. The smallest absolute Gasteiger partial charge is 0.311 e. The van der Waals surface area contributed by atoms with E-state index in [1.165, 1.54) is 6.92 Å². The number of amides is 2. The summed E-state index contributed by atoms with van der Waals surface area (Å²) in [6, 6.07) is 0. The van der Waals surface area contributed by atoms with Crippen molar-refractivity contribution in [3.05, 3.63) is 0 Å². The van der Waals surface area contributed by atoms with Gasteiger partial charge in [-0.15, -0.1) is 0 Å². The van der Waals surface area contributed by atoms with Gasteiger partial charge in [-0.1, -0.05) is 6.42 Å². The molecule has 1 aliphatic rings. The maximum absolute atomic E-state index is 12.1.